The standard InChI is InChI=1S/C29H25N3O6S.C28H25N3O5S.C27H23N3O5S.C26H22N4O4S/c1-17-12-13-21(22(14-17)37-2)30-24(33)16-31-25-20-10-6-7-11-23(20)39-26(25)27(34)32(29(31)36)15-18-8-4-5-9-19(18)28(35)38-3;1-17-11-12-21(22(13-17)36-2)29-24(33)15-30-25-20-9-5-6-10-23(20)37-26(25)27(34)31(28(30)35)14-18-7-3-4-8-19(18)16-32;1-16-11-12-19(21(13-16)35-2)28-23(32)15-29-24-18-8-4-6-10-22(18)36-25(24)26(33)30(27(29)34)14-17-7-3-5-9-20(17)31;1-16-9-10-19(20(12-16)34-2)28-22(31)15-29-23-18-7-3-4-8-21(18)35-24(23)25(32)30(26(29)33)14-17-6-5-11-27-13-17/h4-14H,15-16H2,1-3H3,(H,30,33);3-13,32H,14-16H2,1-2H3,(H,29,33);3-13,31H,14-15H2,1-2H3,(H,28,32);3-13H,14-15H2,1-2H3,(H,28,31). The van der Waals surface area contributed by atoms with Crippen molar-refractivity contribution in [3.63, 3.8) is 0 Å². The van der Waals surface area contributed by atoms with Crippen molar-refractivity contribution in [3.8, 4) is 28.7 Å². The van der Waals surface area contributed by atoms with Gasteiger partial charge in [-0.2, -0.15) is 0 Å². The number of thiophene rings is 4. The molecule has 0 fully saturated rings. The molecule has 147 heavy (non-hydrogen) atoms. The quantitative estimate of drug-likeness (QED) is 0.0274. The van der Waals surface area contributed by atoms with Gasteiger partial charge in [0.25, 0.3) is 22.2 Å². The molecule has 37 heteroatoms. The number of fused-ring (bicyclic) bond motifs is 12. The summed E-state index contributed by atoms with van der Waals surface area (Å²) in [6, 6.07) is 75.1. The minimum Gasteiger partial charge on any atom is -0.508 e. The summed E-state index contributed by atoms with van der Waals surface area (Å²) >= 11 is 5.13. The van der Waals surface area contributed by atoms with Gasteiger partial charge in [-0.05, 0) is 163 Å². The Labute approximate surface area is 851 Å². The van der Waals surface area contributed by atoms with Crippen molar-refractivity contribution in [1.82, 2.24) is 41.5 Å². The molecule has 6 N–H and O–H groups in total. The number of carbonyl (C=O) groups excluding carboxylic acids is 5. The smallest absolute Gasteiger partial charge is 0.338 e. The molecule has 0 unspecified atom stereocenters. The van der Waals surface area contributed by atoms with Crippen LogP contribution in [0.1, 0.15) is 60.4 Å². The summed E-state index contributed by atoms with van der Waals surface area (Å²) in [7, 11) is 7.35. The van der Waals surface area contributed by atoms with Crippen LogP contribution >= 0.6 is 45.3 Å². The first-order valence-electron chi connectivity index (χ1n) is 45.9. The summed E-state index contributed by atoms with van der Waals surface area (Å²) in [4.78, 5) is 178. The number of methoxy groups -OCH3 is 5. The number of carbonyl (C=O) groups is 5. The minimum absolute atomic E-state index is 0.0176. The summed E-state index contributed by atoms with van der Waals surface area (Å²) < 4.78 is 41.1. The van der Waals surface area contributed by atoms with Crippen LogP contribution in [-0.4, -0.2) is 117 Å². The number of nitrogens with zero attached hydrogens (tertiary/aromatic N) is 9. The van der Waals surface area contributed by atoms with E-state index in [1.54, 1.807) is 128 Å². The summed E-state index contributed by atoms with van der Waals surface area (Å²) in [5, 5.41) is 34.2. The average molecular weight is 2050 g/mol. The molecule has 4 amide bonds. The highest BCUT2D eigenvalue weighted by molar-refractivity contribution is 7.27. The summed E-state index contributed by atoms with van der Waals surface area (Å²) in [5.41, 5.74) is 6.49. The van der Waals surface area contributed by atoms with Gasteiger partial charge in [0.2, 0.25) is 23.6 Å². The maximum absolute atomic E-state index is 13.9. The van der Waals surface area contributed by atoms with E-state index in [1.165, 1.54) is 105 Å². The third kappa shape index (κ3) is 21.2. The summed E-state index contributed by atoms with van der Waals surface area (Å²) in [6.45, 7) is 5.99. The molecule has 9 heterocycles. The predicted molar refractivity (Wildman–Crippen MR) is 576 cm³/mol. The Kier molecular flexibility index (Phi) is 30.3. The fourth-order valence-electron chi connectivity index (χ4n) is 17.3. The first-order chi connectivity index (χ1) is 71.0. The Morgan fingerprint density at radius 1 is 0.320 bits per heavy atom. The van der Waals surface area contributed by atoms with Gasteiger partial charge in [0, 0.05) is 58.3 Å². The zero-order chi connectivity index (χ0) is 104. The molecule has 33 nitrogen and oxygen atoms in total. The van der Waals surface area contributed by atoms with Crippen LogP contribution in [0.15, 0.2) is 306 Å². The Morgan fingerprint density at radius 3 is 0.918 bits per heavy atom. The number of para-hydroxylation sites is 1. The van der Waals surface area contributed by atoms with E-state index in [-0.39, 0.29) is 75.8 Å². The van der Waals surface area contributed by atoms with Gasteiger partial charge in [-0.1, -0.05) is 164 Å². The molecular weight excluding hydrogens is 1950 g/mol. The number of anilines is 4. The normalized spacial score (nSPS) is 11.1. The number of hydrogen-bond acceptors (Lipinski definition) is 25. The number of amides is 4. The van der Waals surface area contributed by atoms with E-state index in [1.807, 2.05) is 161 Å². The number of aliphatic hydroxyl groups is 1. The Morgan fingerprint density at radius 2 is 0.605 bits per heavy atom. The fourth-order valence-corrected chi connectivity index (χ4v) is 22.0. The summed E-state index contributed by atoms with van der Waals surface area (Å²) in [6.07, 6.45) is 3.24. The highest BCUT2D eigenvalue weighted by Gasteiger charge is 2.29. The number of phenols is 1. The molecule has 0 saturated carbocycles. The van der Waals surface area contributed by atoms with Crippen LogP contribution in [0.2, 0.25) is 0 Å². The van der Waals surface area contributed by atoms with E-state index in [9.17, 15) is 72.5 Å². The molecule has 0 aliphatic carbocycles. The van der Waals surface area contributed by atoms with Gasteiger partial charge in [0.05, 0.1) is 119 Å². The van der Waals surface area contributed by atoms with Gasteiger partial charge < -0.3 is 55.2 Å². The predicted octanol–water partition coefficient (Wildman–Crippen LogP) is 15.9. The number of aryl methyl sites for hydroxylation is 4. The SMILES string of the molecule is COC(=O)c1ccccc1Cn1c(=O)c2sc3ccccc3c2n(CC(=O)Nc2ccc(C)cc2OC)c1=O.COc1cc(C)ccc1NC(=O)Cn1c(=O)n(Cc2ccccc2CO)c(=O)c2sc3ccccc3c21.COc1cc(C)ccc1NC(=O)Cn1c(=O)n(Cc2ccccc2O)c(=O)c2sc3ccccc3c21.COc1cc(C)ccc1NC(=O)Cn1c(=O)n(Cc2cccnc2)c(=O)c2sc3ccccc3c21. The third-order valence-corrected chi connectivity index (χ3v) is 29.0. The number of benzene rings is 11. The topological polar surface area (TPSA) is 409 Å². The number of esters is 1. The highest BCUT2D eigenvalue weighted by atomic mass is 32.1. The maximum atomic E-state index is 13.9. The van der Waals surface area contributed by atoms with Crippen LogP contribution in [0.5, 0.6) is 28.7 Å². The van der Waals surface area contributed by atoms with Crippen LogP contribution in [0.4, 0.5) is 22.7 Å². The van der Waals surface area contributed by atoms with E-state index in [4.69, 9.17) is 23.7 Å². The Bertz CT molecular complexity index is 9160. The summed E-state index contributed by atoms with van der Waals surface area (Å²) in [5.74, 6) is -0.295. The number of aliphatic hydroxyl groups excluding tert-OH is 1. The second kappa shape index (κ2) is 44.1. The number of hydrogen-bond donors (Lipinski definition) is 6. The number of aromatic nitrogens is 9. The zero-order valence-electron chi connectivity index (χ0n) is 80.7. The van der Waals surface area contributed by atoms with Crippen LogP contribution in [0.3, 0.4) is 0 Å². The second-order valence-corrected chi connectivity index (χ2v) is 38.4. The first kappa shape index (κ1) is 101. The van der Waals surface area contributed by atoms with Crippen molar-refractivity contribution >= 4 is 179 Å². The number of phenolic OH excluding ortho intramolecular Hbond substituents is 1. The lowest BCUT2D eigenvalue weighted by Gasteiger charge is -2.15. The number of nitrogens with one attached hydrogen (secondary N) is 4. The molecule has 0 atom stereocenters. The van der Waals surface area contributed by atoms with Crippen LogP contribution in [0, 0.1) is 27.7 Å². The van der Waals surface area contributed by atoms with Gasteiger partial charge in [0.15, 0.2) is 0 Å². The van der Waals surface area contributed by atoms with Gasteiger partial charge in [-0.3, -0.25) is 79.9 Å². The van der Waals surface area contributed by atoms with Crippen molar-refractivity contribution in [3.05, 3.63) is 406 Å². The van der Waals surface area contributed by atoms with Crippen molar-refractivity contribution in [2.75, 3.05) is 56.8 Å². The number of ether oxygens (including phenoxy) is 5. The van der Waals surface area contributed by atoms with Crippen molar-refractivity contribution in [1.29, 1.82) is 0 Å². The maximum Gasteiger partial charge on any atom is 0.338 e. The molecular formula is C110H95N13O20S4. The molecule has 744 valence electrons. The lowest BCUT2D eigenvalue weighted by atomic mass is 10.1. The van der Waals surface area contributed by atoms with Crippen molar-refractivity contribution in [2.24, 2.45) is 0 Å². The van der Waals surface area contributed by atoms with Crippen molar-refractivity contribution in [2.45, 2.75) is 86.7 Å². The molecule has 0 bridgehead atoms. The highest BCUT2D eigenvalue weighted by Crippen LogP contribution is 2.38. The van der Waals surface area contributed by atoms with E-state index in [2.05, 4.69) is 26.3 Å². The number of aromatic hydroxyl groups is 1. The molecule has 11 aromatic carbocycles. The lowest BCUT2D eigenvalue weighted by molar-refractivity contribution is -0.117. The molecule has 0 aliphatic rings. The lowest BCUT2D eigenvalue weighted by Crippen LogP contribution is -2.41. The monoisotopic (exact) mass is 2050 g/mol. The van der Waals surface area contributed by atoms with Gasteiger partial charge in [0.1, 0.15) is 73.7 Å². The molecule has 0 saturated heterocycles. The van der Waals surface area contributed by atoms with Crippen molar-refractivity contribution < 1.29 is 57.9 Å². The second-order valence-electron chi connectivity index (χ2n) is 34.2. The van der Waals surface area contributed by atoms with E-state index >= 15 is 0 Å². The molecule has 0 aliphatic heterocycles. The van der Waals surface area contributed by atoms with E-state index < -0.39 is 69.0 Å². The van der Waals surface area contributed by atoms with E-state index in [0.29, 0.717) is 120 Å². The van der Waals surface area contributed by atoms with Crippen LogP contribution in [-0.2, 0) is 82.9 Å². The molecule has 9 aromatic heterocycles. The minimum atomic E-state index is -0.665. The zero-order valence-corrected chi connectivity index (χ0v) is 83.9. The molecule has 0 radical (unpaired) electrons. The molecule has 0 spiro atoms. The number of rotatable bonds is 26. The first-order valence-corrected chi connectivity index (χ1v) is 49.2. The van der Waals surface area contributed by atoms with Crippen LogP contribution in [0.25, 0.3) is 81.2 Å². The van der Waals surface area contributed by atoms with Crippen LogP contribution < -0.4 is 85.2 Å². The van der Waals surface area contributed by atoms with Gasteiger partial charge in [-0.15, -0.1) is 45.3 Å². The Hall–Kier alpha value is -17.5. The fraction of sp³-hybridized carbons (Fsp3) is 0.164. The van der Waals surface area contributed by atoms with E-state index in [0.717, 1.165) is 75.5 Å². The molecule has 20 aromatic rings. The number of pyridine rings is 1. The van der Waals surface area contributed by atoms with Gasteiger partial charge in [-0.25, -0.2) is 24.0 Å². The average Bonchev–Trinajstić information content (AvgIpc) is 1.61. The molecule has 20 rings (SSSR count). The third-order valence-electron chi connectivity index (χ3n) is 24.4. The largest absolute Gasteiger partial charge is 0.508 e. The Balaban J connectivity index is 0.000000134. The van der Waals surface area contributed by atoms with Gasteiger partial charge >= 0.3 is 28.7 Å².